The van der Waals surface area contributed by atoms with Gasteiger partial charge in [-0.25, -0.2) is 5.01 Å². The molecule has 5 nitrogen and oxygen atoms in total. The summed E-state index contributed by atoms with van der Waals surface area (Å²) in [5.41, 5.74) is 4.18. The molecule has 0 fully saturated rings. The standard InChI is InChI=1S/C9H13N5S/c1-3-14(2)12-9-11-7-4-5-10-6-8(7)15-13-9/h4-6H,3H2,1-2H3,(H2,11,12,13). The fourth-order valence-electron chi connectivity index (χ4n) is 1.11. The van der Waals surface area contributed by atoms with Crippen LogP contribution in [0.1, 0.15) is 6.92 Å². The third-order valence-corrected chi connectivity index (χ3v) is 2.84. The van der Waals surface area contributed by atoms with E-state index < -0.39 is 0 Å². The summed E-state index contributed by atoms with van der Waals surface area (Å²) in [6, 6.07) is 1.94. The zero-order chi connectivity index (χ0) is 10.7. The van der Waals surface area contributed by atoms with Gasteiger partial charge in [0.1, 0.15) is 0 Å². The minimum absolute atomic E-state index is 0.753. The van der Waals surface area contributed by atoms with Crippen LogP contribution < -0.4 is 10.7 Å². The van der Waals surface area contributed by atoms with E-state index in [-0.39, 0.29) is 0 Å². The molecule has 6 heteroatoms. The maximum Gasteiger partial charge on any atom is 0.222 e. The van der Waals surface area contributed by atoms with Crippen LogP contribution in [0.3, 0.4) is 0 Å². The monoisotopic (exact) mass is 223 g/mol. The van der Waals surface area contributed by atoms with Crippen LogP contribution in [0.15, 0.2) is 27.8 Å². The highest BCUT2D eigenvalue weighted by Crippen LogP contribution is 2.29. The highest BCUT2D eigenvalue weighted by atomic mass is 32.2. The molecular weight excluding hydrogens is 210 g/mol. The van der Waals surface area contributed by atoms with Crippen molar-refractivity contribution >= 4 is 23.6 Å². The SMILES string of the molecule is CCN(C)NC1=NSc2cnccc2N1. The third-order valence-electron chi connectivity index (χ3n) is 2.04. The molecule has 0 aliphatic carbocycles. The number of fused-ring (bicyclic) bond motifs is 1. The second-order valence-corrected chi connectivity index (χ2v) is 3.96. The van der Waals surface area contributed by atoms with Gasteiger partial charge in [-0.2, -0.15) is 4.40 Å². The maximum atomic E-state index is 4.29. The third kappa shape index (κ3) is 2.40. The number of hydrogen-bond donors (Lipinski definition) is 2. The predicted molar refractivity (Wildman–Crippen MR) is 62.6 cm³/mol. The van der Waals surface area contributed by atoms with Crippen molar-refractivity contribution in [2.45, 2.75) is 11.8 Å². The van der Waals surface area contributed by atoms with Crippen molar-refractivity contribution in [3.8, 4) is 0 Å². The van der Waals surface area contributed by atoms with E-state index in [1.165, 1.54) is 11.9 Å². The van der Waals surface area contributed by atoms with Gasteiger partial charge in [0, 0.05) is 37.9 Å². The van der Waals surface area contributed by atoms with E-state index in [2.05, 4.69) is 27.0 Å². The van der Waals surface area contributed by atoms with E-state index in [4.69, 9.17) is 0 Å². The summed E-state index contributed by atoms with van der Waals surface area (Å²) >= 11 is 1.42. The van der Waals surface area contributed by atoms with Crippen LogP contribution in [0, 0.1) is 0 Å². The Balaban J connectivity index is 2.06. The number of guanidine groups is 1. The minimum atomic E-state index is 0.753. The van der Waals surface area contributed by atoms with Crippen molar-refractivity contribution in [2.24, 2.45) is 4.40 Å². The van der Waals surface area contributed by atoms with Crippen LogP contribution in [-0.4, -0.2) is 29.5 Å². The minimum Gasteiger partial charge on any atom is -0.323 e. The molecule has 0 radical (unpaired) electrons. The Hall–Kier alpha value is -1.27. The molecule has 80 valence electrons. The average Bonchev–Trinajstić information content (AvgIpc) is 2.29. The van der Waals surface area contributed by atoms with E-state index in [1.54, 1.807) is 12.4 Å². The number of rotatable bonds is 2. The molecule has 0 aromatic carbocycles. The lowest BCUT2D eigenvalue weighted by Crippen LogP contribution is -2.43. The van der Waals surface area contributed by atoms with Crippen LogP contribution in [0.5, 0.6) is 0 Å². The summed E-state index contributed by atoms with van der Waals surface area (Å²) in [7, 11) is 1.97. The summed E-state index contributed by atoms with van der Waals surface area (Å²) in [6.45, 7) is 2.98. The van der Waals surface area contributed by atoms with Crippen molar-refractivity contribution in [2.75, 3.05) is 18.9 Å². The molecule has 15 heavy (non-hydrogen) atoms. The number of pyridine rings is 1. The van der Waals surface area contributed by atoms with Gasteiger partial charge in [0.05, 0.1) is 10.6 Å². The normalized spacial score (nSPS) is 14.2. The van der Waals surface area contributed by atoms with E-state index in [0.717, 1.165) is 23.1 Å². The Morgan fingerprint density at radius 2 is 2.47 bits per heavy atom. The van der Waals surface area contributed by atoms with Gasteiger partial charge in [-0.1, -0.05) is 6.92 Å². The fourth-order valence-corrected chi connectivity index (χ4v) is 1.71. The zero-order valence-electron chi connectivity index (χ0n) is 8.69. The lowest BCUT2D eigenvalue weighted by Gasteiger charge is -2.22. The fraction of sp³-hybridized carbons (Fsp3) is 0.333. The van der Waals surface area contributed by atoms with Gasteiger partial charge in [-0.05, 0) is 6.07 Å². The van der Waals surface area contributed by atoms with Gasteiger partial charge in [0.25, 0.3) is 0 Å². The first kappa shape index (κ1) is 10.3. The molecule has 2 heterocycles. The van der Waals surface area contributed by atoms with Gasteiger partial charge in [-0.15, -0.1) is 0 Å². The summed E-state index contributed by atoms with van der Waals surface area (Å²) in [5.74, 6) is 0.753. The molecule has 1 aliphatic rings. The van der Waals surface area contributed by atoms with Crippen molar-refractivity contribution in [1.82, 2.24) is 15.4 Å². The molecular formula is C9H13N5S. The molecule has 0 saturated heterocycles. The number of hydrazine groups is 1. The van der Waals surface area contributed by atoms with E-state index >= 15 is 0 Å². The Labute approximate surface area is 93.1 Å². The van der Waals surface area contributed by atoms with Gasteiger partial charge >= 0.3 is 0 Å². The molecule has 2 N–H and O–H groups in total. The molecule has 1 aromatic rings. The Morgan fingerprint density at radius 3 is 3.27 bits per heavy atom. The van der Waals surface area contributed by atoms with Crippen LogP contribution in [0.25, 0.3) is 0 Å². The maximum absolute atomic E-state index is 4.29. The van der Waals surface area contributed by atoms with Crippen LogP contribution in [-0.2, 0) is 0 Å². The van der Waals surface area contributed by atoms with Crippen molar-refractivity contribution in [3.05, 3.63) is 18.5 Å². The summed E-state index contributed by atoms with van der Waals surface area (Å²) in [5, 5.41) is 5.16. The number of hydrogen-bond acceptors (Lipinski definition) is 6. The number of anilines is 1. The summed E-state index contributed by atoms with van der Waals surface area (Å²) in [6.07, 6.45) is 3.57. The lowest BCUT2D eigenvalue weighted by atomic mass is 10.4. The molecule has 2 rings (SSSR count). The van der Waals surface area contributed by atoms with Crippen LogP contribution in [0.4, 0.5) is 5.69 Å². The summed E-state index contributed by atoms with van der Waals surface area (Å²) < 4.78 is 4.29. The van der Waals surface area contributed by atoms with Gasteiger partial charge in [-0.3, -0.25) is 10.4 Å². The average molecular weight is 223 g/mol. The highest BCUT2D eigenvalue weighted by Gasteiger charge is 2.12. The second kappa shape index (κ2) is 4.50. The first-order valence-electron chi connectivity index (χ1n) is 4.73. The second-order valence-electron chi connectivity index (χ2n) is 3.15. The van der Waals surface area contributed by atoms with Gasteiger partial charge < -0.3 is 5.32 Å². The van der Waals surface area contributed by atoms with Crippen molar-refractivity contribution < 1.29 is 0 Å². The number of nitrogens with zero attached hydrogens (tertiary/aromatic N) is 3. The van der Waals surface area contributed by atoms with E-state index in [0.29, 0.717) is 0 Å². The molecule has 0 unspecified atom stereocenters. The largest absolute Gasteiger partial charge is 0.323 e. The van der Waals surface area contributed by atoms with Crippen LogP contribution in [0.2, 0.25) is 0 Å². The van der Waals surface area contributed by atoms with Gasteiger partial charge in [0.2, 0.25) is 5.96 Å². The van der Waals surface area contributed by atoms with E-state index in [1.807, 2.05) is 18.1 Å². The predicted octanol–water partition coefficient (Wildman–Crippen LogP) is 1.33. The smallest absolute Gasteiger partial charge is 0.222 e. The van der Waals surface area contributed by atoms with Gasteiger partial charge in [0.15, 0.2) is 0 Å². The Morgan fingerprint density at radius 1 is 1.60 bits per heavy atom. The van der Waals surface area contributed by atoms with E-state index in [9.17, 15) is 0 Å². The number of nitrogens with one attached hydrogen (secondary N) is 2. The first-order chi connectivity index (χ1) is 7.29. The molecule has 0 spiro atoms. The Bertz CT molecular complexity index is 379. The Kier molecular flexibility index (Phi) is 3.08. The first-order valence-corrected chi connectivity index (χ1v) is 5.50. The highest BCUT2D eigenvalue weighted by molar-refractivity contribution is 7.98. The lowest BCUT2D eigenvalue weighted by molar-refractivity contribution is 0.309. The zero-order valence-corrected chi connectivity index (χ0v) is 9.51. The molecule has 0 amide bonds. The van der Waals surface area contributed by atoms with Crippen LogP contribution >= 0.6 is 11.9 Å². The number of aromatic nitrogens is 1. The molecule has 0 bridgehead atoms. The van der Waals surface area contributed by atoms with Crippen molar-refractivity contribution in [3.63, 3.8) is 0 Å². The topological polar surface area (TPSA) is 52.5 Å². The van der Waals surface area contributed by atoms with Crippen molar-refractivity contribution in [1.29, 1.82) is 0 Å². The molecule has 1 aliphatic heterocycles. The summed E-state index contributed by atoms with van der Waals surface area (Å²) in [4.78, 5) is 5.08. The molecule has 0 saturated carbocycles. The quantitative estimate of drug-likeness (QED) is 0.585. The molecule has 0 atom stereocenters. The molecule has 1 aromatic heterocycles.